The first-order chi connectivity index (χ1) is 18.5. The molecule has 0 spiro atoms. The van der Waals surface area contributed by atoms with Crippen LogP contribution in [-0.2, 0) is 22.6 Å². The molecule has 1 fully saturated rings. The van der Waals surface area contributed by atoms with E-state index in [0.717, 1.165) is 42.5 Å². The maximum atomic E-state index is 14.8. The number of aromatic nitrogens is 1. The topological polar surface area (TPSA) is 57.3 Å². The molecule has 0 bridgehead atoms. The van der Waals surface area contributed by atoms with E-state index in [-0.39, 0.29) is 24.1 Å². The lowest BCUT2D eigenvalue weighted by atomic mass is 9.79. The normalized spacial score (nSPS) is 19.1. The number of carbonyl (C=O) groups is 1. The lowest BCUT2D eigenvalue weighted by Crippen LogP contribution is -2.56. The van der Waals surface area contributed by atoms with E-state index in [4.69, 9.17) is 0 Å². The number of rotatable bonds is 8. The highest BCUT2D eigenvalue weighted by Gasteiger charge is 2.42. The molecular weight excluding hydrogens is 623 g/mol. The van der Waals surface area contributed by atoms with E-state index in [1.165, 1.54) is 0 Å². The fourth-order valence-corrected chi connectivity index (χ4v) is 5.76. The molecular formula is C29H31F4IN4O. The molecule has 2 N–H and O–H groups in total. The van der Waals surface area contributed by atoms with Gasteiger partial charge in [0.25, 0.3) is 0 Å². The number of alkyl halides is 4. The van der Waals surface area contributed by atoms with E-state index < -0.39 is 29.1 Å². The number of benzene rings is 2. The Balaban J connectivity index is 1.86. The van der Waals surface area contributed by atoms with Crippen molar-refractivity contribution in [3.05, 3.63) is 101 Å². The van der Waals surface area contributed by atoms with Gasteiger partial charge in [-0.15, -0.1) is 0 Å². The average molecular weight is 654 g/mol. The van der Waals surface area contributed by atoms with Crippen LogP contribution >= 0.6 is 22.6 Å². The molecule has 3 aromatic rings. The van der Waals surface area contributed by atoms with E-state index >= 15 is 0 Å². The van der Waals surface area contributed by atoms with E-state index in [1.54, 1.807) is 24.4 Å². The molecule has 0 unspecified atom stereocenters. The summed E-state index contributed by atoms with van der Waals surface area (Å²) < 4.78 is 57.0. The number of pyridine rings is 1. The second-order valence-electron chi connectivity index (χ2n) is 10.1. The monoisotopic (exact) mass is 654 g/mol. The quantitative estimate of drug-likeness (QED) is 0.167. The second kappa shape index (κ2) is 12.2. The first kappa shape index (κ1) is 29.3. The Bertz CT molecular complexity index is 1270. The van der Waals surface area contributed by atoms with Crippen molar-refractivity contribution in [2.75, 3.05) is 14.1 Å². The zero-order valence-electron chi connectivity index (χ0n) is 21.7. The van der Waals surface area contributed by atoms with Crippen LogP contribution in [0.15, 0.2) is 66.9 Å². The van der Waals surface area contributed by atoms with Crippen molar-refractivity contribution in [2.24, 2.45) is 0 Å². The minimum atomic E-state index is -4.78. The Hall–Kier alpha value is -2.73. The molecule has 5 nitrogen and oxygen atoms in total. The van der Waals surface area contributed by atoms with Crippen LogP contribution in [0, 0.1) is 5.82 Å². The molecule has 2 amide bonds. The Morgan fingerprint density at radius 3 is 2.36 bits per heavy atom. The van der Waals surface area contributed by atoms with Crippen molar-refractivity contribution in [1.29, 1.82) is 0 Å². The van der Waals surface area contributed by atoms with Gasteiger partial charge in [-0.2, -0.15) is 13.2 Å². The summed E-state index contributed by atoms with van der Waals surface area (Å²) in [6.45, 7) is 0. The van der Waals surface area contributed by atoms with Crippen LogP contribution in [0.3, 0.4) is 0 Å². The summed E-state index contributed by atoms with van der Waals surface area (Å²) >= 11 is 2.19. The minimum absolute atomic E-state index is 0.0425. The van der Waals surface area contributed by atoms with Gasteiger partial charge in [0, 0.05) is 29.1 Å². The molecule has 2 aromatic carbocycles. The number of nitrogens with one attached hydrogen (secondary N) is 2. The van der Waals surface area contributed by atoms with Crippen molar-refractivity contribution in [3.8, 4) is 0 Å². The van der Waals surface area contributed by atoms with E-state index in [9.17, 15) is 22.4 Å². The van der Waals surface area contributed by atoms with Gasteiger partial charge < -0.3 is 15.5 Å². The summed E-state index contributed by atoms with van der Waals surface area (Å²) in [5, 5.41) is 6.01. The number of hydrogen-bond donors (Lipinski definition) is 2. The number of likely N-dealkylation sites (N-methyl/N-ethyl adjacent to an activating group) is 1. The summed E-state index contributed by atoms with van der Waals surface area (Å²) in [6.07, 6.45) is -0.446. The second-order valence-corrected chi connectivity index (χ2v) is 10.9. The SMILES string of the molecule is CN(C)[C@@H]1CCC[C@H]1NC(=O)N[C@](Cc1ccccc1)(c1cc(F)cc(C(F)(F)F)c1)c1ccc(CI)cn1. The molecule has 1 aromatic heterocycles. The maximum absolute atomic E-state index is 14.8. The number of carbonyl (C=O) groups excluding carboxylic acids is 1. The van der Waals surface area contributed by atoms with Crippen molar-refractivity contribution in [3.63, 3.8) is 0 Å². The van der Waals surface area contributed by atoms with Crippen molar-refractivity contribution >= 4 is 28.6 Å². The summed E-state index contributed by atoms with van der Waals surface area (Å²) in [5.74, 6) is -1.05. The largest absolute Gasteiger partial charge is 0.416 e. The Kier molecular flexibility index (Phi) is 9.15. The van der Waals surface area contributed by atoms with Crippen molar-refractivity contribution in [2.45, 2.75) is 53.9 Å². The first-order valence-electron chi connectivity index (χ1n) is 12.7. The highest BCUT2D eigenvalue weighted by Crippen LogP contribution is 2.38. The molecule has 1 heterocycles. The maximum Gasteiger partial charge on any atom is 0.416 e. The van der Waals surface area contributed by atoms with Gasteiger partial charge in [0.05, 0.1) is 11.3 Å². The van der Waals surface area contributed by atoms with Crippen LogP contribution < -0.4 is 10.6 Å². The van der Waals surface area contributed by atoms with Gasteiger partial charge in [0.15, 0.2) is 0 Å². The van der Waals surface area contributed by atoms with Gasteiger partial charge in [-0.1, -0.05) is 59.0 Å². The van der Waals surface area contributed by atoms with Gasteiger partial charge in [0.2, 0.25) is 0 Å². The summed E-state index contributed by atoms with van der Waals surface area (Å²) in [4.78, 5) is 20.3. The molecule has 208 valence electrons. The van der Waals surface area contributed by atoms with Crippen LogP contribution in [0.4, 0.5) is 22.4 Å². The van der Waals surface area contributed by atoms with Gasteiger partial charge in [-0.05, 0) is 74.3 Å². The summed E-state index contributed by atoms with van der Waals surface area (Å²) in [6, 6.07) is 14.4. The Morgan fingerprint density at radius 1 is 1.03 bits per heavy atom. The lowest BCUT2D eigenvalue weighted by Gasteiger charge is -2.37. The molecule has 4 rings (SSSR count). The fourth-order valence-electron chi connectivity index (χ4n) is 5.30. The van der Waals surface area contributed by atoms with Crippen molar-refractivity contribution in [1.82, 2.24) is 20.5 Å². The standard InChI is InChI=1S/C29H31F4IN4O/c1-38(2)25-10-6-9-24(25)36-27(39)37-28(16-19-7-4-3-5-8-19,26-12-11-20(17-34)18-35-26)21-13-22(29(31,32)33)15-23(30)14-21/h3-5,7-8,11-15,18,24-25H,6,9-10,16-17H2,1-2H3,(H2,36,37,39)/t24-,25-,28-/m1/s1. The predicted molar refractivity (Wildman–Crippen MR) is 151 cm³/mol. The molecule has 3 atom stereocenters. The Morgan fingerprint density at radius 2 is 1.74 bits per heavy atom. The molecule has 0 aliphatic heterocycles. The van der Waals surface area contributed by atoms with Gasteiger partial charge in [0.1, 0.15) is 11.4 Å². The van der Waals surface area contributed by atoms with Crippen LogP contribution in [0.1, 0.15) is 47.2 Å². The lowest BCUT2D eigenvalue weighted by molar-refractivity contribution is -0.137. The smallest absolute Gasteiger partial charge is 0.334 e. The molecule has 0 saturated heterocycles. The van der Waals surface area contributed by atoms with Gasteiger partial charge >= 0.3 is 12.2 Å². The number of nitrogens with zero attached hydrogens (tertiary/aromatic N) is 2. The highest BCUT2D eigenvalue weighted by atomic mass is 127. The third kappa shape index (κ3) is 6.89. The summed E-state index contributed by atoms with van der Waals surface area (Å²) in [7, 11) is 3.90. The molecule has 1 aliphatic carbocycles. The third-order valence-electron chi connectivity index (χ3n) is 7.23. The van der Waals surface area contributed by atoms with Crippen LogP contribution in [0.2, 0.25) is 0 Å². The number of hydrogen-bond acceptors (Lipinski definition) is 3. The number of urea groups is 1. The molecule has 0 radical (unpaired) electrons. The van der Waals surface area contributed by atoms with E-state index in [0.29, 0.717) is 16.2 Å². The zero-order valence-corrected chi connectivity index (χ0v) is 23.9. The molecule has 39 heavy (non-hydrogen) atoms. The number of amides is 2. The predicted octanol–water partition coefficient (Wildman–Crippen LogP) is 6.44. The van der Waals surface area contributed by atoms with Crippen LogP contribution in [-0.4, -0.2) is 42.1 Å². The Labute approximate surface area is 239 Å². The number of halogens is 5. The van der Waals surface area contributed by atoms with Crippen LogP contribution in [0.25, 0.3) is 0 Å². The zero-order chi connectivity index (χ0) is 28.2. The minimum Gasteiger partial charge on any atom is -0.334 e. The van der Waals surface area contributed by atoms with E-state index in [1.807, 2.05) is 38.4 Å². The molecule has 1 aliphatic rings. The van der Waals surface area contributed by atoms with Crippen LogP contribution in [0.5, 0.6) is 0 Å². The summed E-state index contributed by atoms with van der Waals surface area (Å²) in [5.41, 5.74) is -0.813. The molecule has 1 saturated carbocycles. The fraction of sp³-hybridized carbons (Fsp3) is 0.379. The van der Waals surface area contributed by atoms with E-state index in [2.05, 4.69) is 43.1 Å². The first-order valence-corrected chi connectivity index (χ1v) is 14.2. The highest BCUT2D eigenvalue weighted by molar-refractivity contribution is 14.1. The third-order valence-corrected chi connectivity index (χ3v) is 8.11. The molecule has 10 heteroatoms. The van der Waals surface area contributed by atoms with Gasteiger partial charge in [-0.25, -0.2) is 9.18 Å². The van der Waals surface area contributed by atoms with Crippen molar-refractivity contribution < 1.29 is 22.4 Å². The average Bonchev–Trinajstić information content (AvgIpc) is 3.36. The van der Waals surface area contributed by atoms with Gasteiger partial charge in [-0.3, -0.25) is 4.98 Å².